The van der Waals surface area contributed by atoms with Crippen LogP contribution in [0.3, 0.4) is 0 Å². The normalized spacial score (nSPS) is 8.33. The second-order valence-electron chi connectivity index (χ2n) is 1.28. The van der Waals surface area contributed by atoms with Crippen LogP contribution in [0.25, 0.3) is 0 Å². The van der Waals surface area contributed by atoms with E-state index in [1.807, 2.05) is 6.08 Å². The molecule has 0 saturated heterocycles. The monoisotopic (exact) mass is 133 g/mol. The third-order valence-electron chi connectivity index (χ3n) is 0.658. The Morgan fingerprint density at radius 3 is 2.50 bits per heavy atom. The molecule has 0 aromatic rings. The summed E-state index contributed by atoms with van der Waals surface area (Å²) in [5.74, 6) is 0. The van der Waals surface area contributed by atoms with Crippen LogP contribution in [0.4, 0.5) is 0 Å². The maximum atomic E-state index is 3.61. The molecule has 0 aromatic carbocycles. The summed E-state index contributed by atoms with van der Waals surface area (Å²) in [4.78, 5) is 0. The van der Waals surface area contributed by atoms with E-state index in [2.05, 4.69) is 6.58 Å². The first-order valence-electron chi connectivity index (χ1n) is 2.32. The van der Waals surface area contributed by atoms with Crippen LogP contribution < -0.4 is 0 Å². The zero-order valence-corrected chi connectivity index (χ0v) is 7.08. The summed E-state index contributed by atoms with van der Waals surface area (Å²) in [6.45, 7) is 3.61. The summed E-state index contributed by atoms with van der Waals surface area (Å²) < 4.78 is 0. The molecule has 1 heteroatoms. The molecule has 0 aliphatic heterocycles. The first-order valence-corrected chi connectivity index (χ1v) is 4.41. The molecule has 0 rings (SSSR count). The topological polar surface area (TPSA) is 0 Å². The van der Waals surface area contributed by atoms with Crippen LogP contribution in [0, 0.1) is 0 Å². The summed E-state index contributed by atoms with van der Waals surface area (Å²) in [6.07, 6.45) is 4.54. The van der Waals surface area contributed by atoms with Crippen LogP contribution >= 0.6 is 0 Å². The van der Waals surface area contributed by atoms with E-state index in [-0.39, 0.29) is 0 Å². The van der Waals surface area contributed by atoms with Gasteiger partial charge in [0.1, 0.15) is 0 Å². The van der Waals surface area contributed by atoms with E-state index in [1.165, 1.54) is 36.2 Å². The Balaban J connectivity index is 2.49. The predicted octanol–water partition coefficient (Wildman–Crippen LogP) is 1.92. The van der Waals surface area contributed by atoms with Gasteiger partial charge in [-0.25, -0.2) is 0 Å². The Bertz CT molecular complexity index is 32.9. The SMILES string of the molecule is C=CCC[CH2][Zn]. The Morgan fingerprint density at radius 1 is 1.67 bits per heavy atom. The Hall–Kier alpha value is 0.363. The van der Waals surface area contributed by atoms with Gasteiger partial charge in [0.2, 0.25) is 0 Å². The molecule has 0 aliphatic carbocycles. The summed E-state index contributed by atoms with van der Waals surface area (Å²) in [5, 5.41) is 1.41. The fourth-order valence-electron chi connectivity index (χ4n) is 0.289. The first-order chi connectivity index (χ1) is 2.91. The van der Waals surface area contributed by atoms with E-state index in [4.69, 9.17) is 0 Å². The van der Waals surface area contributed by atoms with Crippen molar-refractivity contribution in [2.75, 3.05) is 0 Å². The molecule has 0 heterocycles. The quantitative estimate of drug-likeness (QED) is 0.314. The predicted molar refractivity (Wildman–Crippen MR) is 24.2 cm³/mol. The third-order valence-corrected chi connectivity index (χ3v) is 1.71. The molecule has 0 atom stereocenters. The van der Waals surface area contributed by atoms with Gasteiger partial charge in [-0.3, -0.25) is 0 Å². The van der Waals surface area contributed by atoms with Crippen LogP contribution in [0.15, 0.2) is 12.7 Å². The second-order valence-corrected chi connectivity index (χ2v) is 2.77. The fraction of sp³-hybridized carbons (Fsp3) is 0.600. The van der Waals surface area contributed by atoms with Crippen molar-refractivity contribution in [1.29, 1.82) is 0 Å². The zero-order chi connectivity index (χ0) is 4.83. The third kappa shape index (κ3) is 4.36. The molecule has 0 nitrogen and oxygen atoms in total. The molecular weight excluding hydrogens is 125 g/mol. The van der Waals surface area contributed by atoms with Crippen molar-refractivity contribution in [2.24, 2.45) is 0 Å². The molecule has 0 radical (unpaired) electrons. The molecule has 0 bridgehead atoms. The van der Waals surface area contributed by atoms with E-state index in [0.29, 0.717) is 0 Å². The van der Waals surface area contributed by atoms with Gasteiger partial charge in [0.25, 0.3) is 0 Å². The molecule has 0 spiro atoms. The Morgan fingerprint density at radius 2 is 2.33 bits per heavy atom. The Kier molecular flexibility index (Phi) is 5.69. The van der Waals surface area contributed by atoms with Crippen LogP contribution in [-0.4, -0.2) is 0 Å². The van der Waals surface area contributed by atoms with Gasteiger partial charge in [0.05, 0.1) is 0 Å². The molecule has 6 heavy (non-hydrogen) atoms. The van der Waals surface area contributed by atoms with Crippen molar-refractivity contribution in [3.8, 4) is 0 Å². The van der Waals surface area contributed by atoms with E-state index >= 15 is 0 Å². The number of rotatable bonds is 3. The van der Waals surface area contributed by atoms with E-state index < -0.39 is 0 Å². The standard InChI is InChI=1S/C5H9.Zn/c1-3-5-4-2;/h3H,1-2,4-5H2;. The molecule has 0 aliphatic rings. The van der Waals surface area contributed by atoms with Gasteiger partial charge in [-0.1, -0.05) is 0 Å². The number of unbranched alkanes of at least 4 members (excludes halogenated alkanes) is 1. The molecule has 31 valence electrons. The van der Waals surface area contributed by atoms with Crippen molar-refractivity contribution in [1.82, 2.24) is 0 Å². The van der Waals surface area contributed by atoms with Gasteiger partial charge in [0.15, 0.2) is 0 Å². The van der Waals surface area contributed by atoms with Crippen molar-refractivity contribution >= 4 is 0 Å². The van der Waals surface area contributed by atoms with E-state index in [9.17, 15) is 0 Å². The molecule has 0 unspecified atom stereocenters. The fourth-order valence-corrected chi connectivity index (χ4v) is 0.894. The molecule has 0 amide bonds. The van der Waals surface area contributed by atoms with Gasteiger partial charge in [-0.05, 0) is 0 Å². The summed E-state index contributed by atoms with van der Waals surface area (Å²) in [7, 11) is 0. The van der Waals surface area contributed by atoms with E-state index in [1.54, 1.807) is 0 Å². The number of hydrogen-bond donors (Lipinski definition) is 0. The molecule has 0 fully saturated rings. The van der Waals surface area contributed by atoms with Gasteiger partial charge >= 0.3 is 48.8 Å². The molecule has 0 aromatic heterocycles. The molecule has 0 saturated carbocycles. The summed E-state index contributed by atoms with van der Waals surface area (Å²) in [6, 6.07) is 0. The van der Waals surface area contributed by atoms with Crippen molar-refractivity contribution in [2.45, 2.75) is 17.9 Å². The maximum absolute atomic E-state index is 3.61. The zero-order valence-electron chi connectivity index (χ0n) is 4.11. The first kappa shape index (κ1) is 6.36. The minimum absolute atomic E-state index is 1.21. The summed E-state index contributed by atoms with van der Waals surface area (Å²) >= 11 is 1.44. The second kappa shape index (κ2) is 5.36. The van der Waals surface area contributed by atoms with Crippen LogP contribution in [0.1, 0.15) is 12.8 Å². The Labute approximate surface area is 49.3 Å². The van der Waals surface area contributed by atoms with Crippen molar-refractivity contribution in [3.63, 3.8) is 0 Å². The summed E-state index contributed by atoms with van der Waals surface area (Å²) in [5.41, 5.74) is 0. The van der Waals surface area contributed by atoms with Gasteiger partial charge in [-0.15, -0.1) is 0 Å². The molecular formula is C5H9Zn. The van der Waals surface area contributed by atoms with Crippen LogP contribution in [-0.2, 0) is 18.3 Å². The average Bonchev–Trinajstić information content (AvgIpc) is 1.61. The number of allylic oxidation sites excluding steroid dienone is 1. The van der Waals surface area contributed by atoms with Gasteiger partial charge in [0, 0.05) is 0 Å². The number of hydrogen-bond acceptors (Lipinski definition) is 0. The van der Waals surface area contributed by atoms with Gasteiger partial charge < -0.3 is 0 Å². The molecule has 0 N–H and O–H groups in total. The van der Waals surface area contributed by atoms with Crippen molar-refractivity contribution in [3.05, 3.63) is 12.7 Å². The van der Waals surface area contributed by atoms with Gasteiger partial charge in [-0.2, -0.15) is 0 Å². The van der Waals surface area contributed by atoms with E-state index in [0.717, 1.165) is 0 Å². The van der Waals surface area contributed by atoms with Crippen molar-refractivity contribution < 1.29 is 18.3 Å². The minimum atomic E-state index is 1.21. The average molecular weight is 135 g/mol. The van der Waals surface area contributed by atoms with Crippen LogP contribution in [0.2, 0.25) is 5.02 Å². The van der Waals surface area contributed by atoms with Crippen LogP contribution in [0.5, 0.6) is 0 Å².